The van der Waals surface area contributed by atoms with Gasteiger partial charge in [-0.05, 0) is 30.7 Å². The summed E-state index contributed by atoms with van der Waals surface area (Å²) >= 11 is 0. The maximum atomic E-state index is 12.2. The summed E-state index contributed by atoms with van der Waals surface area (Å²) < 4.78 is 27.0. The van der Waals surface area contributed by atoms with Crippen molar-refractivity contribution >= 4 is 16.0 Å². The Bertz CT molecular complexity index is 729. The zero-order chi connectivity index (χ0) is 15.5. The number of anilines is 1. The molecule has 0 atom stereocenters. The molecule has 0 saturated carbocycles. The van der Waals surface area contributed by atoms with Crippen LogP contribution in [-0.2, 0) is 16.6 Å². The summed E-state index contributed by atoms with van der Waals surface area (Å²) in [6.07, 6.45) is 1.61. The largest absolute Gasteiger partial charge is 0.347 e. The van der Waals surface area contributed by atoms with E-state index in [1.54, 1.807) is 35.4 Å². The van der Waals surface area contributed by atoms with Gasteiger partial charge in [0.15, 0.2) is 0 Å². The molecule has 0 radical (unpaired) electrons. The molecule has 0 bridgehead atoms. The summed E-state index contributed by atoms with van der Waals surface area (Å²) in [6, 6.07) is 8.46. The minimum Gasteiger partial charge on any atom is -0.347 e. The zero-order valence-corrected chi connectivity index (χ0v) is 13.1. The number of hydrogen-bond donors (Lipinski definition) is 1. The second-order valence-corrected chi connectivity index (χ2v) is 6.65. The van der Waals surface area contributed by atoms with Crippen LogP contribution in [0.4, 0.5) is 5.95 Å². The Kier molecular flexibility index (Phi) is 4.54. The molecule has 0 aliphatic carbocycles. The number of aryl methyl sites for hydroxylation is 1. The first-order chi connectivity index (χ1) is 9.88. The van der Waals surface area contributed by atoms with Crippen molar-refractivity contribution in [2.24, 2.45) is 0 Å². The Labute approximate surface area is 124 Å². The van der Waals surface area contributed by atoms with E-state index in [0.29, 0.717) is 11.6 Å². The average molecular weight is 306 g/mol. The van der Waals surface area contributed by atoms with Gasteiger partial charge in [0.25, 0.3) is 0 Å². The number of hydrogen-bond acceptors (Lipinski definition) is 5. The van der Waals surface area contributed by atoms with Crippen molar-refractivity contribution < 1.29 is 8.42 Å². The summed E-state index contributed by atoms with van der Waals surface area (Å²) in [6.45, 7) is 1.98. The summed E-state index contributed by atoms with van der Waals surface area (Å²) in [5.74, 6) is 0.544. The number of nitrogens with one attached hydrogen (secondary N) is 1. The molecule has 1 aromatic heterocycles. The lowest BCUT2D eigenvalue weighted by atomic mass is 10.2. The monoisotopic (exact) mass is 306 g/mol. The van der Waals surface area contributed by atoms with E-state index in [4.69, 9.17) is 0 Å². The first kappa shape index (κ1) is 15.4. The highest BCUT2D eigenvalue weighted by molar-refractivity contribution is 7.89. The normalized spacial score (nSPS) is 11.4. The second kappa shape index (κ2) is 6.19. The molecule has 0 unspecified atom stereocenters. The van der Waals surface area contributed by atoms with Gasteiger partial charge >= 0.3 is 0 Å². The highest BCUT2D eigenvalue weighted by Crippen LogP contribution is 2.11. The molecule has 0 aliphatic heterocycles. The standard InChI is InChI=1S/C14H18N4O2S/c1-11-5-4-6-13(9-11)21(19,20)16-10-12-7-8-15-14(17-12)18(2)3/h4-9,16H,10H2,1-3H3. The molecule has 0 spiro atoms. The van der Waals surface area contributed by atoms with Gasteiger partial charge in [0.2, 0.25) is 16.0 Å². The van der Waals surface area contributed by atoms with Crippen molar-refractivity contribution in [3.63, 3.8) is 0 Å². The Hall–Kier alpha value is -1.99. The fourth-order valence-corrected chi connectivity index (χ4v) is 2.84. The van der Waals surface area contributed by atoms with Crippen LogP contribution in [0.2, 0.25) is 0 Å². The van der Waals surface area contributed by atoms with E-state index >= 15 is 0 Å². The van der Waals surface area contributed by atoms with Gasteiger partial charge in [0.1, 0.15) is 0 Å². The first-order valence-electron chi connectivity index (χ1n) is 6.44. The number of sulfonamides is 1. The van der Waals surface area contributed by atoms with Crippen LogP contribution in [0, 0.1) is 6.92 Å². The lowest BCUT2D eigenvalue weighted by Crippen LogP contribution is -2.24. The Morgan fingerprint density at radius 3 is 2.67 bits per heavy atom. The van der Waals surface area contributed by atoms with Gasteiger partial charge in [-0.15, -0.1) is 0 Å². The van der Waals surface area contributed by atoms with Gasteiger partial charge in [0, 0.05) is 20.3 Å². The van der Waals surface area contributed by atoms with Gasteiger partial charge in [-0.3, -0.25) is 0 Å². The van der Waals surface area contributed by atoms with Crippen LogP contribution in [0.5, 0.6) is 0 Å². The molecule has 0 amide bonds. The Morgan fingerprint density at radius 2 is 2.00 bits per heavy atom. The van der Waals surface area contributed by atoms with E-state index in [2.05, 4.69) is 14.7 Å². The maximum Gasteiger partial charge on any atom is 0.240 e. The molecule has 0 fully saturated rings. The second-order valence-electron chi connectivity index (χ2n) is 4.88. The summed E-state index contributed by atoms with van der Waals surface area (Å²) in [5.41, 5.74) is 1.51. The van der Waals surface area contributed by atoms with Gasteiger partial charge < -0.3 is 4.90 Å². The molecule has 21 heavy (non-hydrogen) atoms. The molecule has 2 rings (SSSR count). The van der Waals surface area contributed by atoms with E-state index in [-0.39, 0.29) is 11.4 Å². The first-order valence-corrected chi connectivity index (χ1v) is 7.92. The molecule has 1 aromatic carbocycles. The molecular formula is C14H18N4O2S. The van der Waals surface area contributed by atoms with Crippen molar-refractivity contribution in [3.8, 4) is 0 Å². The van der Waals surface area contributed by atoms with E-state index in [0.717, 1.165) is 5.56 Å². The summed E-state index contributed by atoms with van der Waals surface area (Å²) in [5, 5.41) is 0. The van der Waals surface area contributed by atoms with Crippen LogP contribution >= 0.6 is 0 Å². The van der Waals surface area contributed by atoms with Crippen molar-refractivity contribution in [2.45, 2.75) is 18.4 Å². The Balaban J connectivity index is 2.14. The number of rotatable bonds is 5. The van der Waals surface area contributed by atoms with Gasteiger partial charge in [-0.1, -0.05) is 12.1 Å². The fourth-order valence-electron chi connectivity index (χ4n) is 1.73. The van der Waals surface area contributed by atoms with Crippen LogP contribution in [0.1, 0.15) is 11.3 Å². The lowest BCUT2D eigenvalue weighted by Gasteiger charge is -2.11. The van der Waals surface area contributed by atoms with Crippen LogP contribution in [0.3, 0.4) is 0 Å². The summed E-state index contributed by atoms with van der Waals surface area (Å²) in [4.78, 5) is 10.4. The lowest BCUT2D eigenvalue weighted by molar-refractivity contribution is 0.580. The average Bonchev–Trinajstić information content (AvgIpc) is 2.45. The van der Waals surface area contributed by atoms with E-state index in [1.807, 2.05) is 27.1 Å². The van der Waals surface area contributed by atoms with Crippen LogP contribution in [-0.4, -0.2) is 32.5 Å². The molecule has 0 saturated heterocycles. The van der Waals surface area contributed by atoms with Gasteiger partial charge in [-0.25, -0.2) is 23.1 Å². The molecular weight excluding hydrogens is 288 g/mol. The smallest absolute Gasteiger partial charge is 0.240 e. The molecule has 2 aromatic rings. The molecule has 7 heteroatoms. The SMILES string of the molecule is Cc1cccc(S(=O)(=O)NCc2ccnc(N(C)C)n2)c1. The quantitative estimate of drug-likeness (QED) is 0.902. The van der Waals surface area contributed by atoms with Crippen molar-refractivity contribution in [1.82, 2.24) is 14.7 Å². The molecule has 6 nitrogen and oxygen atoms in total. The number of benzene rings is 1. The zero-order valence-electron chi connectivity index (χ0n) is 12.2. The molecule has 0 aliphatic rings. The van der Waals surface area contributed by atoms with Crippen LogP contribution in [0.25, 0.3) is 0 Å². The van der Waals surface area contributed by atoms with E-state index in [1.165, 1.54) is 0 Å². The molecule has 1 heterocycles. The fraction of sp³-hybridized carbons (Fsp3) is 0.286. The van der Waals surface area contributed by atoms with Gasteiger partial charge in [0.05, 0.1) is 17.1 Å². The van der Waals surface area contributed by atoms with Crippen LogP contribution < -0.4 is 9.62 Å². The van der Waals surface area contributed by atoms with Crippen molar-refractivity contribution in [1.29, 1.82) is 0 Å². The Morgan fingerprint density at radius 1 is 1.24 bits per heavy atom. The van der Waals surface area contributed by atoms with Gasteiger partial charge in [-0.2, -0.15) is 0 Å². The third-order valence-corrected chi connectivity index (χ3v) is 4.24. The topological polar surface area (TPSA) is 75.2 Å². The highest BCUT2D eigenvalue weighted by atomic mass is 32.2. The van der Waals surface area contributed by atoms with E-state index in [9.17, 15) is 8.42 Å². The van der Waals surface area contributed by atoms with Crippen molar-refractivity contribution in [3.05, 3.63) is 47.8 Å². The molecule has 112 valence electrons. The number of aromatic nitrogens is 2. The molecule has 1 N–H and O–H groups in total. The third-order valence-electron chi connectivity index (χ3n) is 2.84. The predicted octanol–water partition coefficient (Wildman–Crippen LogP) is 1.33. The van der Waals surface area contributed by atoms with E-state index < -0.39 is 10.0 Å². The van der Waals surface area contributed by atoms with Crippen molar-refractivity contribution in [2.75, 3.05) is 19.0 Å². The minimum atomic E-state index is -3.54. The minimum absolute atomic E-state index is 0.125. The number of nitrogens with zero attached hydrogens (tertiary/aromatic N) is 3. The third kappa shape index (κ3) is 3.99. The highest BCUT2D eigenvalue weighted by Gasteiger charge is 2.14. The predicted molar refractivity (Wildman–Crippen MR) is 81.6 cm³/mol. The summed E-state index contributed by atoms with van der Waals surface area (Å²) in [7, 11) is 0.121. The maximum absolute atomic E-state index is 12.2. The van der Waals surface area contributed by atoms with Crippen LogP contribution in [0.15, 0.2) is 41.4 Å².